The molecule has 0 saturated carbocycles. The molecule has 3 aliphatic rings. The Morgan fingerprint density at radius 1 is 1.26 bits per heavy atom. The van der Waals surface area contributed by atoms with Crippen LogP contribution in [0.25, 0.3) is 0 Å². The van der Waals surface area contributed by atoms with E-state index in [-0.39, 0.29) is 5.91 Å². The molecule has 0 radical (unpaired) electrons. The zero-order chi connectivity index (χ0) is 15.8. The number of benzene rings is 1. The Morgan fingerprint density at radius 2 is 2.13 bits per heavy atom. The van der Waals surface area contributed by atoms with Crippen molar-refractivity contribution in [1.82, 2.24) is 9.80 Å². The normalized spacial score (nSPS) is 26.1. The van der Waals surface area contributed by atoms with Gasteiger partial charge in [0.05, 0.1) is 6.61 Å². The highest BCUT2D eigenvalue weighted by atomic mass is 16.7. The van der Waals surface area contributed by atoms with Crippen LogP contribution in [0.1, 0.15) is 18.4 Å². The molecule has 6 heteroatoms. The fourth-order valence-corrected chi connectivity index (χ4v) is 3.96. The molecule has 0 N–H and O–H groups in total. The summed E-state index contributed by atoms with van der Waals surface area (Å²) in [5.74, 6) is 1.89. The van der Waals surface area contributed by atoms with Crippen molar-refractivity contribution in [1.29, 1.82) is 0 Å². The maximum atomic E-state index is 12.3. The molecule has 3 heterocycles. The van der Waals surface area contributed by atoms with Crippen molar-refractivity contribution < 1.29 is 19.0 Å². The molecular formula is C17H22N2O4. The number of likely N-dealkylation sites (tertiary alicyclic amines) is 2. The highest BCUT2D eigenvalue weighted by Crippen LogP contribution is 2.36. The lowest BCUT2D eigenvalue weighted by atomic mass is 10.1. The van der Waals surface area contributed by atoms with Crippen LogP contribution in [0, 0.1) is 0 Å². The Kier molecular flexibility index (Phi) is 3.87. The molecule has 1 aromatic carbocycles. The molecule has 0 aliphatic carbocycles. The first-order valence-corrected chi connectivity index (χ1v) is 8.17. The minimum atomic E-state index is 0.257. The van der Waals surface area contributed by atoms with E-state index < -0.39 is 0 Å². The summed E-state index contributed by atoms with van der Waals surface area (Å²) in [5, 5.41) is 0. The molecule has 3 aliphatic heterocycles. The minimum absolute atomic E-state index is 0.257. The van der Waals surface area contributed by atoms with Crippen LogP contribution in [0.5, 0.6) is 11.5 Å². The van der Waals surface area contributed by atoms with E-state index in [9.17, 15) is 4.79 Å². The fourth-order valence-electron chi connectivity index (χ4n) is 3.96. The predicted molar refractivity (Wildman–Crippen MR) is 83.4 cm³/mol. The number of amides is 1. The first-order chi connectivity index (χ1) is 11.3. The molecule has 0 aromatic heterocycles. The topological polar surface area (TPSA) is 51.2 Å². The smallest absolute Gasteiger partial charge is 0.231 e. The lowest BCUT2D eigenvalue weighted by molar-refractivity contribution is -0.129. The van der Waals surface area contributed by atoms with Gasteiger partial charge in [-0.25, -0.2) is 0 Å². The summed E-state index contributed by atoms with van der Waals surface area (Å²) in [4.78, 5) is 16.7. The summed E-state index contributed by atoms with van der Waals surface area (Å²) in [6, 6.07) is 6.77. The van der Waals surface area contributed by atoms with Crippen LogP contribution in [0.4, 0.5) is 0 Å². The number of fused-ring (bicyclic) bond motifs is 2. The minimum Gasteiger partial charge on any atom is -0.454 e. The van der Waals surface area contributed by atoms with Gasteiger partial charge in [0.1, 0.15) is 0 Å². The van der Waals surface area contributed by atoms with E-state index in [4.69, 9.17) is 14.2 Å². The van der Waals surface area contributed by atoms with E-state index in [0.29, 0.717) is 38.4 Å². The Hall–Kier alpha value is -1.79. The largest absolute Gasteiger partial charge is 0.454 e. The zero-order valence-electron chi connectivity index (χ0n) is 13.4. The van der Waals surface area contributed by atoms with Crippen LogP contribution in [-0.4, -0.2) is 61.4 Å². The average molecular weight is 318 g/mol. The lowest BCUT2D eigenvalue weighted by Gasteiger charge is -2.25. The average Bonchev–Trinajstić information content (AvgIpc) is 3.22. The Labute approximate surface area is 135 Å². The second-order valence-electron chi connectivity index (χ2n) is 6.37. The van der Waals surface area contributed by atoms with Crippen molar-refractivity contribution in [2.75, 3.05) is 33.6 Å². The summed E-state index contributed by atoms with van der Waals surface area (Å²) in [6.45, 7) is 3.49. The van der Waals surface area contributed by atoms with Gasteiger partial charge in [0, 0.05) is 45.2 Å². The highest BCUT2D eigenvalue weighted by Gasteiger charge is 2.46. The second kappa shape index (κ2) is 6.02. The van der Waals surface area contributed by atoms with E-state index in [1.165, 1.54) is 5.56 Å². The Morgan fingerprint density at radius 3 is 3.00 bits per heavy atom. The third-order valence-corrected chi connectivity index (χ3v) is 5.09. The molecule has 23 heavy (non-hydrogen) atoms. The van der Waals surface area contributed by atoms with Gasteiger partial charge < -0.3 is 19.1 Å². The lowest BCUT2D eigenvalue weighted by Crippen LogP contribution is -2.38. The van der Waals surface area contributed by atoms with Gasteiger partial charge in [0.2, 0.25) is 12.7 Å². The van der Waals surface area contributed by atoms with E-state index in [0.717, 1.165) is 31.0 Å². The summed E-state index contributed by atoms with van der Waals surface area (Å²) in [7, 11) is 1.68. The van der Waals surface area contributed by atoms with Gasteiger partial charge in [0.25, 0.3) is 0 Å². The van der Waals surface area contributed by atoms with Gasteiger partial charge in [-0.15, -0.1) is 0 Å². The number of rotatable bonds is 5. The molecule has 2 atom stereocenters. The zero-order valence-corrected chi connectivity index (χ0v) is 13.4. The third-order valence-electron chi connectivity index (χ3n) is 5.09. The molecule has 2 saturated heterocycles. The monoisotopic (exact) mass is 318 g/mol. The molecule has 124 valence electrons. The van der Waals surface area contributed by atoms with E-state index in [1.54, 1.807) is 7.11 Å². The van der Waals surface area contributed by atoms with Crippen LogP contribution in [0.15, 0.2) is 18.2 Å². The SMILES string of the molecule is COCCN1C(=O)C[C@H]2[C@H]1CCN2Cc1ccc2c(c1)OCO2. The number of ether oxygens (including phenoxy) is 3. The van der Waals surface area contributed by atoms with Crippen molar-refractivity contribution in [3.8, 4) is 11.5 Å². The van der Waals surface area contributed by atoms with Crippen LogP contribution < -0.4 is 9.47 Å². The molecule has 0 spiro atoms. The molecule has 0 bridgehead atoms. The maximum Gasteiger partial charge on any atom is 0.231 e. The van der Waals surface area contributed by atoms with Crippen LogP contribution >= 0.6 is 0 Å². The summed E-state index contributed by atoms with van der Waals surface area (Å²) >= 11 is 0. The van der Waals surface area contributed by atoms with Crippen LogP contribution in [0.2, 0.25) is 0 Å². The second-order valence-corrected chi connectivity index (χ2v) is 6.37. The van der Waals surface area contributed by atoms with Gasteiger partial charge >= 0.3 is 0 Å². The number of carbonyl (C=O) groups excluding carboxylic acids is 1. The van der Waals surface area contributed by atoms with Crippen molar-refractivity contribution in [2.24, 2.45) is 0 Å². The van der Waals surface area contributed by atoms with E-state index in [2.05, 4.69) is 17.0 Å². The van der Waals surface area contributed by atoms with E-state index >= 15 is 0 Å². The van der Waals surface area contributed by atoms with Crippen molar-refractivity contribution in [3.05, 3.63) is 23.8 Å². The van der Waals surface area contributed by atoms with Gasteiger partial charge in [-0.3, -0.25) is 9.69 Å². The highest BCUT2D eigenvalue weighted by molar-refractivity contribution is 5.80. The van der Waals surface area contributed by atoms with Gasteiger partial charge in [-0.1, -0.05) is 6.07 Å². The quantitative estimate of drug-likeness (QED) is 0.817. The van der Waals surface area contributed by atoms with Gasteiger partial charge in [-0.05, 0) is 24.1 Å². The van der Waals surface area contributed by atoms with Gasteiger partial charge in [0.15, 0.2) is 11.5 Å². The number of nitrogens with zero attached hydrogens (tertiary/aromatic N) is 2. The van der Waals surface area contributed by atoms with Crippen molar-refractivity contribution in [2.45, 2.75) is 31.5 Å². The number of hydrogen-bond acceptors (Lipinski definition) is 5. The molecule has 4 rings (SSSR count). The fraction of sp³-hybridized carbons (Fsp3) is 0.588. The Bertz CT molecular complexity index is 606. The first kappa shape index (κ1) is 14.8. The summed E-state index contributed by atoms with van der Waals surface area (Å²) < 4.78 is 15.9. The molecule has 1 amide bonds. The van der Waals surface area contributed by atoms with Crippen molar-refractivity contribution >= 4 is 5.91 Å². The Balaban J connectivity index is 1.44. The van der Waals surface area contributed by atoms with Crippen LogP contribution in [-0.2, 0) is 16.1 Å². The van der Waals surface area contributed by atoms with Crippen molar-refractivity contribution in [3.63, 3.8) is 0 Å². The summed E-state index contributed by atoms with van der Waals surface area (Å²) in [5.41, 5.74) is 1.21. The molecule has 6 nitrogen and oxygen atoms in total. The molecule has 1 aromatic rings. The summed E-state index contributed by atoms with van der Waals surface area (Å²) in [6.07, 6.45) is 1.67. The first-order valence-electron chi connectivity index (χ1n) is 8.17. The number of hydrogen-bond donors (Lipinski definition) is 0. The predicted octanol–water partition coefficient (Wildman–Crippen LogP) is 1.24. The van der Waals surface area contributed by atoms with Gasteiger partial charge in [-0.2, -0.15) is 0 Å². The number of methoxy groups -OCH3 is 1. The number of carbonyl (C=O) groups is 1. The molecule has 2 fully saturated rings. The molecule has 0 unspecified atom stereocenters. The third kappa shape index (κ3) is 2.66. The van der Waals surface area contributed by atoms with E-state index in [1.807, 2.05) is 11.0 Å². The van der Waals surface area contributed by atoms with Crippen LogP contribution in [0.3, 0.4) is 0 Å². The standard InChI is InChI=1S/C17H22N2O4/c1-21-7-6-19-13-4-5-18(14(13)9-17(19)20)10-12-2-3-15-16(8-12)23-11-22-15/h2-3,8,13-14H,4-7,9-11H2,1H3/t13-,14+/m1/s1. The molecular weight excluding hydrogens is 296 g/mol. The maximum absolute atomic E-state index is 12.3.